The highest BCUT2D eigenvalue weighted by atomic mass is 32.2. The Labute approximate surface area is 97.0 Å². The van der Waals surface area contributed by atoms with Gasteiger partial charge in [-0.15, -0.1) is 0 Å². The molecule has 0 spiro atoms. The lowest BCUT2D eigenvalue weighted by molar-refractivity contribution is 0.0704. The molecule has 0 bridgehead atoms. The van der Waals surface area contributed by atoms with Gasteiger partial charge in [-0.3, -0.25) is 0 Å². The monoisotopic (exact) mass is 243 g/mol. The predicted octanol–water partition coefficient (Wildman–Crippen LogP) is 1.92. The van der Waals surface area contributed by atoms with E-state index in [0.29, 0.717) is 6.04 Å². The van der Waals surface area contributed by atoms with E-state index in [1.54, 1.807) is 0 Å². The van der Waals surface area contributed by atoms with E-state index in [-0.39, 0.29) is 6.10 Å². The molecule has 2 fully saturated rings. The van der Waals surface area contributed by atoms with Crippen molar-refractivity contribution in [3.05, 3.63) is 5.82 Å². The normalized spacial score (nSPS) is 26.5. The zero-order valence-corrected chi connectivity index (χ0v) is 9.94. The van der Waals surface area contributed by atoms with Crippen molar-refractivity contribution in [1.29, 1.82) is 0 Å². The van der Waals surface area contributed by atoms with E-state index in [0.717, 1.165) is 29.1 Å². The minimum atomic E-state index is 0.106. The fourth-order valence-electron chi connectivity index (χ4n) is 1.46. The molecule has 1 N–H and O–H groups in total. The Morgan fingerprint density at radius 2 is 2.33 bits per heavy atom. The van der Waals surface area contributed by atoms with Gasteiger partial charge in [0.1, 0.15) is 6.10 Å². The number of hydrogen-bond acceptors (Lipinski definition) is 6. The van der Waals surface area contributed by atoms with Gasteiger partial charge in [0.2, 0.25) is 5.13 Å². The number of aromatic nitrogens is 2. The first-order valence-electron chi connectivity index (χ1n) is 5.21. The number of ether oxygens (including phenoxy) is 1. The van der Waals surface area contributed by atoms with Crippen LogP contribution in [0.25, 0.3) is 0 Å². The maximum atomic E-state index is 5.63. The number of rotatable bonds is 3. The van der Waals surface area contributed by atoms with Crippen LogP contribution in [0.4, 0.5) is 5.13 Å². The smallest absolute Gasteiger partial charge is 0.202 e. The van der Waals surface area contributed by atoms with Gasteiger partial charge in [-0.05, 0) is 12.8 Å². The third-order valence-corrected chi connectivity index (χ3v) is 4.10. The summed E-state index contributed by atoms with van der Waals surface area (Å²) >= 11 is 3.36. The molecule has 15 heavy (non-hydrogen) atoms. The molecule has 1 atom stereocenters. The second-order valence-corrected chi connectivity index (χ2v) is 5.71. The molecule has 1 saturated heterocycles. The molecular weight excluding hydrogens is 230 g/mol. The average Bonchev–Trinajstić information content (AvgIpc) is 2.96. The van der Waals surface area contributed by atoms with Crippen LogP contribution < -0.4 is 5.32 Å². The first kappa shape index (κ1) is 9.86. The van der Waals surface area contributed by atoms with E-state index >= 15 is 0 Å². The van der Waals surface area contributed by atoms with E-state index in [1.165, 1.54) is 24.4 Å². The molecule has 4 nitrogen and oxygen atoms in total. The molecule has 82 valence electrons. The van der Waals surface area contributed by atoms with Crippen LogP contribution in [0.15, 0.2) is 0 Å². The van der Waals surface area contributed by atoms with Crippen LogP contribution in [0, 0.1) is 0 Å². The van der Waals surface area contributed by atoms with Crippen molar-refractivity contribution < 1.29 is 4.74 Å². The lowest BCUT2D eigenvalue weighted by atomic mass is 10.4. The molecule has 1 saturated carbocycles. The molecule has 3 rings (SSSR count). The van der Waals surface area contributed by atoms with E-state index < -0.39 is 0 Å². The lowest BCUT2D eigenvalue weighted by Gasteiger charge is -2.19. The first-order chi connectivity index (χ1) is 7.42. The highest BCUT2D eigenvalue weighted by Crippen LogP contribution is 2.29. The molecular formula is C9H13N3OS2. The number of hydrogen-bond donors (Lipinski definition) is 1. The van der Waals surface area contributed by atoms with Crippen LogP contribution in [0.5, 0.6) is 0 Å². The van der Waals surface area contributed by atoms with Crippen molar-refractivity contribution in [3.8, 4) is 0 Å². The van der Waals surface area contributed by atoms with Crippen molar-refractivity contribution in [1.82, 2.24) is 9.36 Å². The third-order valence-electron chi connectivity index (χ3n) is 2.45. The summed E-state index contributed by atoms with van der Waals surface area (Å²) < 4.78 is 9.98. The zero-order valence-electron chi connectivity index (χ0n) is 8.31. The molecule has 0 amide bonds. The molecule has 1 aromatic rings. The van der Waals surface area contributed by atoms with E-state index in [9.17, 15) is 0 Å². The predicted molar refractivity (Wildman–Crippen MR) is 62.6 cm³/mol. The summed E-state index contributed by atoms with van der Waals surface area (Å²) in [6.07, 6.45) is 2.64. The van der Waals surface area contributed by atoms with Crippen molar-refractivity contribution in [3.63, 3.8) is 0 Å². The number of nitrogens with zero attached hydrogens (tertiary/aromatic N) is 2. The Morgan fingerprint density at radius 1 is 1.40 bits per heavy atom. The molecule has 0 radical (unpaired) electrons. The molecule has 1 aliphatic carbocycles. The summed E-state index contributed by atoms with van der Waals surface area (Å²) in [5, 5.41) is 4.31. The second-order valence-electron chi connectivity index (χ2n) is 3.81. The van der Waals surface area contributed by atoms with E-state index in [1.807, 2.05) is 11.8 Å². The fourth-order valence-corrected chi connectivity index (χ4v) is 3.00. The highest BCUT2D eigenvalue weighted by molar-refractivity contribution is 7.99. The molecule has 0 aromatic carbocycles. The topological polar surface area (TPSA) is 47.0 Å². The summed E-state index contributed by atoms with van der Waals surface area (Å²) in [5.74, 6) is 2.93. The Kier molecular flexibility index (Phi) is 2.81. The van der Waals surface area contributed by atoms with Gasteiger partial charge in [0.25, 0.3) is 0 Å². The van der Waals surface area contributed by atoms with Gasteiger partial charge in [0, 0.05) is 29.1 Å². The molecule has 1 aliphatic heterocycles. The van der Waals surface area contributed by atoms with Crippen LogP contribution in [-0.2, 0) is 4.74 Å². The van der Waals surface area contributed by atoms with Crippen LogP contribution in [0.3, 0.4) is 0 Å². The Bertz CT molecular complexity index is 334. The molecule has 6 heteroatoms. The van der Waals surface area contributed by atoms with Gasteiger partial charge in [-0.1, -0.05) is 0 Å². The van der Waals surface area contributed by atoms with E-state index in [2.05, 4.69) is 14.7 Å². The minimum absolute atomic E-state index is 0.106. The van der Waals surface area contributed by atoms with Crippen LogP contribution in [0.1, 0.15) is 24.8 Å². The van der Waals surface area contributed by atoms with E-state index in [4.69, 9.17) is 4.74 Å². The minimum Gasteiger partial charge on any atom is -0.368 e. The Hall–Kier alpha value is -0.330. The van der Waals surface area contributed by atoms with Gasteiger partial charge in [-0.25, -0.2) is 4.98 Å². The summed E-state index contributed by atoms with van der Waals surface area (Å²) in [5.41, 5.74) is 0. The van der Waals surface area contributed by atoms with Gasteiger partial charge >= 0.3 is 0 Å². The van der Waals surface area contributed by atoms with Crippen molar-refractivity contribution >= 4 is 28.4 Å². The fraction of sp³-hybridized carbons (Fsp3) is 0.778. The molecule has 1 aromatic heterocycles. The van der Waals surface area contributed by atoms with Gasteiger partial charge in [0.15, 0.2) is 5.82 Å². The third kappa shape index (κ3) is 2.43. The standard InChI is InChI=1S/C9H13N3OS2/c1-2-6(1)10-9-11-8(12-15-9)7-5-14-4-3-13-7/h6-7H,1-5H2,(H,10,11,12). The quantitative estimate of drug-likeness (QED) is 0.879. The van der Waals surface area contributed by atoms with Crippen LogP contribution in [0.2, 0.25) is 0 Å². The van der Waals surface area contributed by atoms with Gasteiger partial charge in [-0.2, -0.15) is 16.1 Å². The Morgan fingerprint density at radius 3 is 3.07 bits per heavy atom. The molecule has 1 unspecified atom stereocenters. The summed E-state index contributed by atoms with van der Waals surface area (Å²) in [7, 11) is 0. The number of anilines is 1. The SMILES string of the molecule is C1CSCC(c2nsc(NC3CC3)n2)O1. The van der Waals surface area contributed by atoms with Crippen LogP contribution in [-0.4, -0.2) is 33.5 Å². The molecule has 2 aliphatic rings. The highest BCUT2D eigenvalue weighted by Gasteiger charge is 2.24. The second kappa shape index (κ2) is 4.27. The van der Waals surface area contributed by atoms with Crippen molar-refractivity contribution in [2.24, 2.45) is 0 Å². The maximum absolute atomic E-state index is 5.63. The largest absolute Gasteiger partial charge is 0.368 e. The van der Waals surface area contributed by atoms with Gasteiger partial charge < -0.3 is 10.1 Å². The lowest BCUT2D eigenvalue weighted by Crippen LogP contribution is -2.16. The maximum Gasteiger partial charge on any atom is 0.202 e. The molecule has 2 heterocycles. The zero-order chi connectivity index (χ0) is 10.1. The number of nitrogens with one attached hydrogen (secondary N) is 1. The Balaban J connectivity index is 1.65. The number of thioether (sulfide) groups is 1. The summed E-state index contributed by atoms with van der Waals surface area (Å²) in [4.78, 5) is 4.47. The summed E-state index contributed by atoms with van der Waals surface area (Å²) in [6, 6.07) is 0.646. The van der Waals surface area contributed by atoms with Crippen molar-refractivity contribution in [2.45, 2.75) is 25.0 Å². The summed E-state index contributed by atoms with van der Waals surface area (Å²) in [6.45, 7) is 0.819. The first-order valence-corrected chi connectivity index (χ1v) is 7.14. The van der Waals surface area contributed by atoms with Crippen LogP contribution >= 0.6 is 23.3 Å². The van der Waals surface area contributed by atoms with Gasteiger partial charge in [0.05, 0.1) is 6.61 Å². The van der Waals surface area contributed by atoms with Crippen molar-refractivity contribution in [2.75, 3.05) is 23.4 Å². The average molecular weight is 243 g/mol.